The van der Waals surface area contributed by atoms with Gasteiger partial charge in [-0.15, -0.1) is 0 Å². The molecule has 0 saturated heterocycles. The number of hydrogen-bond donors (Lipinski definition) is 1. The van der Waals surface area contributed by atoms with E-state index >= 15 is 0 Å². The Labute approximate surface area is 126 Å². The second-order valence-corrected chi connectivity index (χ2v) is 5.06. The van der Waals surface area contributed by atoms with Crippen LogP contribution in [0.15, 0.2) is 12.3 Å². The van der Waals surface area contributed by atoms with Crippen LogP contribution in [0.25, 0.3) is 0 Å². The summed E-state index contributed by atoms with van der Waals surface area (Å²) in [7, 11) is 5.04. The minimum Gasteiger partial charge on any atom is -0.363 e. The summed E-state index contributed by atoms with van der Waals surface area (Å²) in [4.78, 5) is 9.11. The predicted molar refractivity (Wildman–Crippen MR) is 76.6 cm³/mol. The Morgan fingerprint density at radius 3 is 2.45 bits per heavy atom. The maximum absolute atomic E-state index is 12.9. The molecule has 2 aromatic heterocycles. The number of aromatic nitrogens is 4. The summed E-state index contributed by atoms with van der Waals surface area (Å²) in [6.07, 6.45) is -2.86. The lowest BCUT2D eigenvalue weighted by atomic mass is 10.2. The van der Waals surface area contributed by atoms with E-state index in [1.807, 2.05) is 6.92 Å². The van der Waals surface area contributed by atoms with Crippen LogP contribution >= 0.6 is 0 Å². The molecule has 0 unspecified atom stereocenters. The first kappa shape index (κ1) is 16.1. The van der Waals surface area contributed by atoms with Gasteiger partial charge >= 0.3 is 6.18 Å². The van der Waals surface area contributed by atoms with Crippen molar-refractivity contribution in [2.24, 2.45) is 7.05 Å². The summed E-state index contributed by atoms with van der Waals surface area (Å²) >= 11 is 0. The Morgan fingerprint density at radius 2 is 1.95 bits per heavy atom. The SMILES string of the molecule is Cc1c(CNc2nc(N(C)C)cc(C(F)(F)F)n2)cnn1C. The van der Waals surface area contributed by atoms with Crippen molar-refractivity contribution in [1.29, 1.82) is 0 Å². The second kappa shape index (κ2) is 5.82. The minimum absolute atomic E-state index is 0.0678. The maximum atomic E-state index is 12.9. The molecular weight excluding hydrogens is 297 g/mol. The van der Waals surface area contributed by atoms with Crippen LogP contribution in [0.2, 0.25) is 0 Å². The third-order valence-corrected chi connectivity index (χ3v) is 3.24. The molecule has 2 aromatic rings. The Morgan fingerprint density at radius 1 is 1.27 bits per heavy atom. The third-order valence-electron chi connectivity index (χ3n) is 3.24. The molecule has 6 nitrogen and oxygen atoms in total. The van der Waals surface area contributed by atoms with Crippen LogP contribution in [0.4, 0.5) is 24.9 Å². The highest BCUT2D eigenvalue weighted by atomic mass is 19.4. The van der Waals surface area contributed by atoms with E-state index < -0.39 is 11.9 Å². The average molecular weight is 314 g/mol. The lowest BCUT2D eigenvalue weighted by Crippen LogP contribution is -2.17. The van der Waals surface area contributed by atoms with Gasteiger partial charge in [-0.05, 0) is 6.92 Å². The van der Waals surface area contributed by atoms with Gasteiger partial charge in [-0.25, -0.2) is 4.98 Å². The number of nitrogens with zero attached hydrogens (tertiary/aromatic N) is 5. The first-order chi connectivity index (χ1) is 10.2. The maximum Gasteiger partial charge on any atom is 0.433 e. The minimum atomic E-state index is -4.52. The summed E-state index contributed by atoms with van der Waals surface area (Å²) in [5, 5.41) is 6.90. The van der Waals surface area contributed by atoms with Crippen molar-refractivity contribution < 1.29 is 13.2 Å². The predicted octanol–water partition coefficient (Wildman–Crippen LogP) is 2.22. The fraction of sp³-hybridized carbons (Fsp3) is 0.462. The fourth-order valence-corrected chi connectivity index (χ4v) is 1.78. The fourth-order valence-electron chi connectivity index (χ4n) is 1.78. The van der Waals surface area contributed by atoms with Gasteiger partial charge in [0.25, 0.3) is 0 Å². The molecule has 0 amide bonds. The molecule has 0 fully saturated rings. The molecule has 0 aromatic carbocycles. The second-order valence-electron chi connectivity index (χ2n) is 5.06. The van der Waals surface area contributed by atoms with Crippen LogP contribution < -0.4 is 10.2 Å². The van der Waals surface area contributed by atoms with E-state index in [0.717, 1.165) is 17.3 Å². The van der Waals surface area contributed by atoms with Crippen LogP contribution in [0, 0.1) is 6.92 Å². The normalized spacial score (nSPS) is 11.6. The zero-order valence-corrected chi connectivity index (χ0v) is 12.7. The zero-order valence-electron chi connectivity index (χ0n) is 12.7. The summed E-state index contributed by atoms with van der Waals surface area (Å²) in [6, 6.07) is 0.917. The van der Waals surface area contributed by atoms with E-state index in [4.69, 9.17) is 0 Å². The number of alkyl halides is 3. The highest BCUT2D eigenvalue weighted by Crippen LogP contribution is 2.30. The molecule has 0 radical (unpaired) electrons. The Balaban J connectivity index is 2.26. The molecule has 22 heavy (non-hydrogen) atoms. The number of anilines is 2. The summed E-state index contributed by atoms with van der Waals surface area (Å²) in [5.74, 6) is 0.120. The molecule has 1 N–H and O–H groups in total. The molecule has 0 aliphatic rings. The standard InChI is InChI=1S/C13H17F3N6/c1-8-9(7-18-22(8)4)6-17-12-19-10(13(14,15)16)5-11(20-12)21(2)3/h5,7H,6H2,1-4H3,(H,17,19,20). The number of rotatable bonds is 4. The first-order valence-corrected chi connectivity index (χ1v) is 6.53. The Bertz CT molecular complexity index is 662. The molecule has 0 spiro atoms. The van der Waals surface area contributed by atoms with Gasteiger partial charge in [-0.1, -0.05) is 0 Å². The number of nitrogens with one attached hydrogen (secondary N) is 1. The van der Waals surface area contributed by atoms with Gasteiger partial charge in [-0.2, -0.15) is 23.3 Å². The quantitative estimate of drug-likeness (QED) is 0.938. The van der Waals surface area contributed by atoms with Gasteiger partial charge < -0.3 is 10.2 Å². The first-order valence-electron chi connectivity index (χ1n) is 6.53. The largest absolute Gasteiger partial charge is 0.433 e. The van der Waals surface area contributed by atoms with Gasteiger partial charge in [0.2, 0.25) is 5.95 Å². The van der Waals surface area contributed by atoms with Crippen LogP contribution in [0.1, 0.15) is 17.0 Å². The molecule has 2 rings (SSSR count). The molecule has 0 saturated carbocycles. The van der Waals surface area contributed by atoms with Crippen molar-refractivity contribution in [3.05, 3.63) is 29.2 Å². The Kier molecular flexibility index (Phi) is 4.25. The third kappa shape index (κ3) is 3.46. The van der Waals surface area contributed by atoms with Crippen LogP contribution in [0.3, 0.4) is 0 Å². The molecule has 0 bridgehead atoms. The van der Waals surface area contributed by atoms with Crippen LogP contribution in [-0.2, 0) is 19.8 Å². The molecule has 2 heterocycles. The number of hydrogen-bond acceptors (Lipinski definition) is 5. The van der Waals surface area contributed by atoms with E-state index in [-0.39, 0.29) is 11.8 Å². The van der Waals surface area contributed by atoms with Gasteiger partial charge in [0, 0.05) is 45.0 Å². The monoisotopic (exact) mass is 314 g/mol. The van der Waals surface area contributed by atoms with Crippen LogP contribution in [-0.4, -0.2) is 33.8 Å². The van der Waals surface area contributed by atoms with Crippen molar-refractivity contribution in [3.8, 4) is 0 Å². The van der Waals surface area contributed by atoms with Crippen molar-refractivity contribution in [1.82, 2.24) is 19.7 Å². The molecule has 0 aliphatic carbocycles. The van der Waals surface area contributed by atoms with Crippen molar-refractivity contribution in [2.45, 2.75) is 19.6 Å². The Hall–Kier alpha value is -2.32. The zero-order chi connectivity index (χ0) is 16.5. The van der Waals surface area contributed by atoms with Crippen LogP contribution in [0.5, 0.6) is 0 Å². The molecule has 120 valence electrons. The topological polar surface area (TPSA) is 58.9 Å². The smallest absolute Gasteiger partial charge is 0.363 e. The number of halogens is 3. The number of aryl methyl sites for hydroxylation is 1. The van der Waals surface area contributed by atoms with Crippen molar-refractivity contribution >= 4 is 11.8 Å². The molecule has 0 atom stereocenters. The molecule has 0 aliphatic heterocycles. The average Bonchev–Trinajstić information content (AvgIpc) is 2.75. The van der Waals surface area contributed by atoms with E-state index in [9.17, 15) is 13.2 Å². The lowest BCUT2D eigenvalue weighted by molar-refractivity contribution is -0.141. The lowest BCUT2D eigenvalue weighted by Gasteiger charge is -2.15. The van der Waals surface area contributed by atoms with Gasteiger partial charge in [0.15, 0.2) is 5.69 Å². The van der Waals surface area contributed by atoms with E-state index in [2.05, 4.69) is 20.4 Å². The molecular formula is C13H17F3N6. The van der Waals surface area contributed by atoms with Crippen molar-refractivity contribution in [3.63, 3.8) is 0 Å². The van der Waals surface area contributed by atoms with E-state index in [1.165, 1.54) is 4.90 Å². The highest BCUT2D eigenvalue weighted by Gasteiger charge is 2.34. The van der Waals surface area contributed by atoms with Gasteiger partial charge in [0.05, 0.1) is 6.20 Å². The summed E-state index contributed by atoms with van der Waals surface area (Å²) in [5.41, 5.74) is 0.818. The molecule has 9 heteroatoms. The van der Waals surface area contributed by atoms with Gasteiger partial charge in [-0.3, -0.25) is 4.68 Å². The van der Waals surface area contributed by atoms with E-state index in [0.29, 0.717) is 6.54 Å². The summed E-state index contributed by atoms with van der Waals surface area (Å²) < 4.78 is 40.4. The van der Waals surface area contributed by atoms with Gasteiger partial charge in [0.1, 0.15) is 5.82 Å². The summed E-state index contributed by atoms with van der Waals surface area (Å²) in [6.45, 7) is 2.18. The van der Waals surface area contributed by atoms with Crippen molar-refractivity contribution in [2.75, 3.05) is 24.3 Å². The highest BCUT2D eigenvalue weighted by molar-refractivity contribution is 5.44. The van der Waals surface area contributed by atoms with E-state index in [1.54, 1.807) is 32.0 Å².